The lowest BCUT2D eigenvalue weighted by atomic mass is 9.98. The SMILES string of the molecule is CCOC(=O)C(CNC(=O)Cc1c(C)nc2c(c1C)c(=O)[nH]n2C)Cc1ccccc1. The van der Waals surface area contributed by atoms with Crippen LogP contribution < -0.4 is 10.9 Å². The van der Waals surface area contributed by atoms with E-state index in [1.165, 1.54) is 0 Å². The highest BCUT2D eigenvalue weighted by Crippen LogP contribution is 2.20. The minimum Gasteiger partial charge on any atom is -0.466 e. The van der Waals surface area contributed by atoms with Crippen LogP contribution in [-0.2, 0) is 34.2 Å². The standard InChI is InChI=1S/C23H28N4O4/c1-5-31-23(30)17(11-16-9-7-6-8-10-16)13-24-19(28)12-18-14(2)20-21(25-15(18)3)27(4)26-22(20)29/h6-10,17H,5,11-13H2,1-4H3,(H,24,28)(H,26,29). The molecule has 0 aliphatic carbocycles. The van der Waals surface area contributed by atoms with E-state index in [0.717, 1.165) is 16.7 Å². The molecule has 1 amide bonds. The predicted octanol–water partition coefficient (Wildman–Crippen LogP) is 1.96. The number of hydrogen-bond acceptors (Lipinski definition) is 5. The van der Waals surface area contributed by atoms with Crippen molar-refractivity contribution in [1.82, 2.24) is 20.1 Å². The van der Waals surface area contributed by atoms with Gasteiger partial charge in [-0.25, -0.2) is 4.98 Å². The highest BCUT2D eigenvalue weighted by molar-refractivity contribution is 5.85. The molecule has 0 aliphatic rings. The Hall–Kier alpha value is -3.42. The van der Waals surface area contributed by atoms with Gasteiger partial charge in [-0.1, -0.05) is 30.3 Å². The smallest absolute Gasteiger partial charge is 0.311 e. The number of carbonyl (C=O) groups excluding carboxylic acids is 2. The Balaban J connectivity index is 1.73. The number of fused-ring (bicyclic) bond motifs is 1. The molecule has 2 aromatic heterocycles. The summed E-state index contributed by atoms with van der Waals surface area (Å²) < 4.78 is 6.77. The maximum Gasteiger partial charge on any atom is 0.311 e. The summed E-state index contributed by atoms with van der Waals surface area (Å²) in [5, 5.41) is 6.04. The Morgan fingerprint density at radius 3 is 2.61 bits per heavy atom. The lowest BCUT2D eigenvalue weighted by molar-refractivity contribution is -0.147. The van der Waals surface area contributed by atoms with Gasteiger partial charge < -0.3 is 10.1 Å². The van der Waals surface area contributed by atoms with E-state index in [2.05, 4.69) is 15.4 Å². The number of benzene rings is 1. The molecular weight excluding hydrogens is 396 g/mol. The summed E-state index contributed by atoms with van der Waals surface area (Å²) >= 11 is 0. The van der Waals surface area contributed by atoms with Gasteiger partial charge in [-0.15, -0.1) is 0 Å². The average Bonchev–Trinajstić information content (AvgIpc) is 3.02. The number of amides is 1. The highest BCUT2D eigenvalue weighted by atomic mass is 16.5. The third-order valence-corrected chi connectivity index (χ3v) is 5.40. The molecule has 0 bridgehead atoms. The molecule has 8 nitrogen and oxygen atoms in total. The fourth-order valence-corrected chi connectivity index (χ4v) is 3.77. The van der Waals surface area contributed by atoms with E-state index in [1.807, 2.05) is 44.2 Å². The summed E-state index contributed by atoms with van der Waals surface area (Å²) in [6.07, 6.45) is 0.556. The largest absolute Gasteiger partial charge is 0.466 e. The third-order valence-electron chi connectivity index (χ3n) is 5.40. The minimum absolute atomic E-state index is 0.0792. The van der Waals surface area contributed by atoms with Crippen molar-refractivity contribution < 1.29 is 14.3 Å². The van der Waals surface area contributed by atoms with E-state index in [9.17, 15) is 14.4 Å². The third kappa shape index (κ3) is 5.02. The molecule has 0 fully saturated rings. The lowest BCUT2D eigenvalue weighted by Crippen LogP contribution is -2.36. The molecule has 0 spiro atoms. The summed E-state index contributed by atoms with van der Waals surface area (Å²) in [5.41, 5.74) is 3.49. The number of hydrogen-bond donors (Lipinski definition) is 2. The molecule has 3 aromatic rings. The maximum absolute atomic E-state index is 12.7. The average molecular weight is 425 g/mol. The van der Waals surface area contributed by atoms with Gasteiger partial charge in [0.05, 0.1) is 24.3 Å². The molecule has 31 heavy (non-hydrogen) atoms. The molecule has 3 rings (SSSR count). The Labute approximate surface area is 180 Å². The van der Waals surface area contributed by atoms with Gasteiger partial charge in [0.25, 0.3) is 5.56 Å². The zero-order valence-corrected chi connectivity index (χ0v) is 18.3. The summed E-state index contributed by atoms with van der Waals surface area (Å²) in [6.45, 7) is 5.87. The van der Waals surface area contributed by atoms with Gasteiger partial charge in [0.1, 0.15) is 0 Å². The monoisotopic (exact) mass is 424 g/mol. The van der Waals surface area contributed by atoms with E-state index in [4.69, 9.17) is 4.74 Å². The molecule has 2 heterocycles. The van der Waals surface area contributed by atoms with Gasteiger partial charge in [-0.2, -0.15) is 0 Å². The van der Waals surface area contributed by atoms with Crippen LogP contribution in [0.1, 0.15) is 29.3 Å². The van der Waals surface area contributed by atoms with E-state index < -0.39 is 5.92 Å². The van der Waals surface area contributed by atoms with Crippen LogP contribution in [0, 0.1) is 19.8 Å². The number of aryl methyl sites for hydroxylation is 3. The van der Waals surface area contributed by atoms with E-state index in [1.54, 1.807) is 18.7 Å². The maximum atomic E-state index is 12.7. The summed E-state index contributed by atoms with van der Waals surface area (Å²) in [7, 11) is 1.73. The number of aromatic amines is 1. The van der Waals surface area contributed by atoms with Crippen molar-refractivity contribution in [3.05, 3.63) is 63.1 Å². The number of carbonyl (C=O) groups is 2. The van der Waals surface area contributed by atoms with Crippen molar-refractivity contribution in [3.8, 4) is 0 Å². The van der Waals surface area contributed by atoms with Crippen LogP contribution in [0.2, 0.25) is 0 Å². The van der Waals surface area contributed by atoms with Gasteiger partial charge in [-0.3, -0.25) is 24.2 Å². The van der Waals surface area contributed by atoms with Gasteiger partial charge in [-0.05, 0) is 43.9 Å². The topological polar surface area (TPSA) is 106 Å². The molecule has 1 aromatic carbocycles. The molecule has 0 radical (unpaired) electrons. The van der Waals surface area contributed by atoms with Crippen molar-refractivity contribution in [2.45, 2.75) is 33.6 Å². The predicted molar refractivity (Wildman–Crippen MR) is 118 cm³/mol. The highest BCUT2D eigenvalue weighted by Gasteiger charge is 2.22. The molecule has 164 valence electrons. The molecule has 1 atom stereocenters. The van der Waals surface area contributed by atoms with Crippen LogP contribution in [0.25, 0.3) is 11.0 Å². The quantitative estimate of drug-likeness (QED) is 0.538. The number of nitrogens with one attached hydrogen (secondary N) is 2. The van der Waals surface area contributed by atoms with Gasteiger partial charge in [0.15, 0.2) is 5.65 Å². The Bertz CT molecular complexity index is 1150. The van der Waals surface area contributed by atoms with Gasteiger partial charge in [0, 0.05) is 19.3 Å². The van der Waals surface area contributed by atoms with Crippen molar-refractivity contribution in [2.75, 3.05) is 13.2 Å². The molecule has 1 unspecified atom stereocenters. The minimum atomic E-state index is -0.480. The van der Waals surface area contributed by atoms with Crippen LogP contribution in [0.4, 0.5) is 0 Å². The Kier molecular flexibility index (Phi) is 6.89. The van der Waals surface area contributed by atoms with E-state index >= 15 is 0 Å². The second kappa shape index (κ2) is 9.59. The van der Waals surface area contributed by atoms with Crippen molar-refractivity contribution in [3.63, 3.8) is 0 Å². The fraction of sp³-hybridized carbons (Fsp3) is 0.391. The lowest BCUT2D eigenvalue weighted by Gasteiger charge is -2.17. The number of H-pyrrole nitrogens is 1. The van der Waals surface area contributed by atoms with E-state index in [0.29, 0.717) is 23.1 Å². The van der Waals surface area contributed by atoms with Crippen LogP contribution in [0.15, 0.2) is 35.1 Å². The second-order valence-electron chi connectivity index (χ2n) is 7.62. The fourth-order valence-electron chi connectivity index (χ4n) is 3.77. The van der Waals surface area contributed by atoms with Crippen molar-refractivity contribution in [2.24, 2.45) is 13.0 Å². The summed E-state index contributed by atoms with van der Waals surface area (Å²) in [4.78, 5) is 41.8. The first-order valence-corrected chi connectivity index (χ1v) is 10.3. The number of pyridine rings is 1. The van der Waals surface area contributed by atoms with Gasteiger partial charge in [0.2, 0.25) is 5.91 Å². The van der Waals surface area contributed by atoms with E-state index in [-0.39, 0.29) is 37.0 Å². The first kappa shape index (κ1) is 22.3. The molecule has 8 heteroatoms. The number of nitrogens with zero attached hydrogens (tertiary/aromatic N) is 2. The molecule has 0 saturated heterocycles. The van der Waals surface area contributed by atoms with Crippen LogP contribution >= 0.6 is 0 Å². The van der Waals surface area contributed by atoms with Crippen molar-refractivity contribution in [1.29, 1.82) is 0 Å². The molecule has 2 N–H and O–H groups in total. The number of ether oxygens (including phenoxy) is 1. The number of esters is 1. The number of rotatable bonds is 8. The first-order chi connectivity index (χ1) is 14.8. The second-order valence-corrected chi connectivity index (χ2v) is 7.62. The zero-order chi connectivity index (χ0) is 22.5. The molecule has 0 aliphatic heterocycles. The van der Waals surface area contributed by atoms with Gasteiger partial charge >= 0.3 is 5.97 Å². The van der Waals surface area contributed by atoms with Crippen LogP contribution in [0.5, 0.6) is 0 Å². The first-order valence-electron chi connectivity index (χ1n) is 10.3. The normalized spacial score (nSPS) is 12.0. The summed E-state index contributed by atoms with van der Waals surface area (Å²) in [6, 6.07) is 9.63. The van der Waals surface area contributed by atoms with Crippen LogP contribution in [0.3, 0.4) is 0 Å². The Morgan fingerprint density at radius 1 is 1.23 bits per heavy atom. The zero-order valence-electron chi connectivity index (χ0n) is 18.3. The Morgan fingerprint density at radius 2 is 1.94 bits per heavy atom. The molecular formula is C23H28N4O4. The van der Waals surface area contributed by atoms with Crippen molar-refractivity contribution >= 4 is 22.9 Å². The summed E-state index contributed by atoms with van der Waals surface area (Å²) in [5.74, 6) is -1.05. The van der Waals surface area contributed by atoms with Crippen LogP contribution in [-0.4, -0.2) is 39.8 Å². The number of aromatic nitrogens is 3. The molecule has 0 saturated carbocycles.